The van der Waals surface area contributed by atoms with E-state index in [0.717, 1.165) is 0 Å². The summed E-state index contributed by atoms with van der Waals surface area (Å²) in [6, 6.07) is 15.5. The van der Waals surface area contributed by atoms with Crippen LogP contribution in [0.25, 0.3) is 10.8 Å². The van der Waals surface area contributed by atoms with Crippen LogP contribution in [0.5, 0.6) is 5.75 Å². The number of benzene rings is 3. The van der Waals surface area contributed by atoms with Crippen LogP contribution in [0.1, 0.15) is 0 Å². The quantitative estimate of drug-likeness (QED) is 0.290. The number of azo groups is 1. The molecule has 0 saturated heterocycles. The van der Waals surface area contributed by atoms with Crippen molar-refractivity contribution in [1.82, 2.24) is 0 Å². The smallest absolute Gasteiger partial charge is 0.401 e. The summed E-state index contributed by atoms with van der Waals surface area (Å²) in [5, 5.41) is 19.8. The Morgan fingerprint density at radius 2 is 1.65 bits per heavy atom. The van der Waals surface area contributed by atoms with Crippen LogP contribution >= 0.6 is 7.82 Å². The molecule has 3 rings (SSSR count). The van der Waals surface area contributed by atoms with Crippen LogP contribution in [0.2, 0.25) is 0 Å². The van der Waals surface area contributed by atoms with E-state index in [1.807, 2.05) is 0 Å². The molecule has 0 unspecified atom stereocenters. The Bertz CT molecular complexity index is 1050. The molecule has 0 aliphatic rings. The first-order chi connectivity index (χ1) is 12.3. The highest BCUT2D eigenvalue weighted by Gasteiger charge is 2.20. The second kappa shape index (κ2) is 7.01. The Balaban J connectivity index is 2.02. The molecule has 3 aromatic carbocycles. The van der Waals surface area contributed by atoms with Crippen molar-refractivity contribution < 1.29 is 23.8 Å². The SMILES string of the molecule is O=[N+]([O-])c1ccc(N=Nc2ccc3ccccc3c2OP(=O)(O)O)cc1. The van der Waals surface area contributed by atoms with Crippen molar-refractivity contribution in [2.45, 2.75) is 0 Å². The van der Waals surface area contributed by atoms with E-state index in [-0.39, 0.29) is 17.1 Å². The summed E-state index contributed by atoms with van der Waals surface area (Å²) in [6.45, 7) is 0. The van der Waals surface area contributed by atoms with Crippen molar-refractivity contribution >= 4 is 35.7 Å². The second-order valence-corrected chi connectivity index (χ2v) is 6.35. The zero-order valence-corrected chi connectivity index (χ0v) is 14.0. The molecule has 0 aliphatic heterocycles. The van der Waals surface area contributed by atoms with Gasteiger partial charge in [0.1, 0.15) is 5.69 Å². The summed E-state index contributed by atoms with van der Waals surface area (Å²) in [5.41, 5.74) is 0.372. The van der Waals surface area contributed by atoms with Gasteiger partial charge < -0.3 is 4.52 Å². The number of hydrogen-bond donors (Lipinski definition) is 2. The fourth-order valence-electron chi connectivity index (χ4n) is 2.28. The molecule has 0 spiro atoms. The molecule has 3 aromatic rings. The highest BCUT2D eigenvalue weighted by atomic mass is 31.2. The predicted molar refractivity (Wildman–Crippen MR) is 93.9 cm³/mol. The van der Waals surface area contributed by atoms with Crippen molar-refractivity contribution in [3.8, 4) is 5.75 Å². The standard InChI is InChI=1S/C16H12N3O6P/c20-19(21)13-8-6-12(7-9-13)17-18-15-10-5-11-3-1-2-4-14(11)16(15)25-26(22,23)24/h1-10H,(H2,22,23,24). The number of phosphoric ester groups is 1. The molecule has 0 fully saturated rings. The molecule has 132 valence electrons. The molecular formula is C16H12N3O6P. The van der Waals surface area contributed by atoms with Gasteiger partial charge in [-0.05, 0) is 23.6 Å². The fraction of sp³-hybridized carbons (Fsp3) is 0. The molecular weight excluding hydrogens is 361 g/mol. The summed E-state index contributed by atoms with van der Waals surface area (Å²) < 4.78 is 16.1. The van der Waals surface area contributed by atoms with Crippen LogP contribution in [-0.4, -0.2) is 14.7 Å². The highest BCUT2D eigenvalue weighted by molar-refractivity contribution is 7.46. The van der Waals surface area contributed by atoms with Gasteiger partial charge in [-0.25, -0.2) is 4.57 Å². The number of nitrogens with zero attached hydrogens (tertiary/aromatic N) is 3. The number of nitro benzene ring substituents is 1. The van der Waals surface area contributed by atoms with Crippen LogP contribution < -0.4 is 4.52 Å². The number of rotatable bonds is 5. The van der Waals surface area contributed by atoms with Crippen molar-refractivity contribution in [3.05, 3.63) is 70.8 Å². The van der Waals surface area contributed by atoms with Gasteiger partial charge in [0.05, 0.1) is 10.6 Å². The van der Waals surface area contributed by atoms with Crippen LogP contribution in [-0.2, 0) is 4.57 Å². The third-order valence-corrected chi connectivity index (χ3v) is 3.82. The molecule has 0 saturated carbocycles. The van der Waals surface area contributed by atoms with Gasteiger partial charge in [0.25, 0.3) is 5.69 Å². The Morgan fingerprint density at radius 1 is 0.962 bits per heavy atom. The largest absolute Gasteiger partial charge is 0.524 e. The predicted octanol–water partition coefficient (Wildman–Crippen LogP) is 4.63. The molecule has 0 heterocycles. The van der Waals surface area contributed by atoms with Gasteiger partial charge in [0.15, 0.2) is 5.75 Å². The number of nitro groups is 1. The number of phosphoric acid groups is 1. The first-order valence-corrected chi connectivity index (χ1v) is 8.79. The molecule has 9 nitrogen and oxygen atoms in total. The average Bonchev–Trinajstić information content (AvgIpc) is 2.60. The molecule has 0 atom stereocenters. The van der Waals surface area contributed by atoms with E-state index in [4.69, 9.17) is 4.52 Å². The molecule has 26 heavy (non-hydrogen) atoms. The average molecular weight is 373 g/mol. The van der Waals surface area contributed by atoms with E-state index in [1.165, 1.54) is 30.3 Å². The molecule has 0 bridgehead atoms. The minimum absolute atomic E-state index is 0.0832. The lowest BCUT2D eigenvalue weighted by Gasteiger charge is -2.11. The van der Waals surface area contributed by atoms with Gasteiger partial charge in [0.2, 0.25) is 0 Å². The van der Waals surface area contributed by atoms with Gasteiger partial charge in [-0.1, -0.05) is 30.3 Å². The van der Waals surface area contributed by atoms with E-state index < -0.39 is 12.7 Å². The van der Waals surface area contributed by atoms with Gasteiger partial charge in [-0.2, -0.15) is 5.11 Å². The second-order valence-electron chi connectivity index (χ2n) is 5.19. The Hall–Kier alpha value is -3.13. The zero-order chi connectivity index (χ0) is 18.7. The van der Waals surface area contributed by atoms with E-state index in [1.54, 1.807) is 30.3 Å². The molecule has 0 aliphatic carbocycles. The maximum absolute atomic E-state index is 11.3. The van der Waals surface area contributed by atoms with Gasteiger partial charge in [0, 0.05) is 17.5 Å². The minimum atomic E-state index is -4.81. The van der Waals surface area contributed by atoms with Gasteiger partial charge >= 0.3 is 7.82 Å². The number of hydrogen-bond acceptors (Lipinski definition) is 6. The van der Waals surface area contributed by atoms with E-state index in [2.05, 4.69) is 10.2 Å². The van der Waals surface area contributed by atoms with Crippen molar-refractivity contribution in [3.63, 3.8) is 0 Å². The molecule has 10 heteroatoms. The van der Waals surface area contributed by atoms with Crippen molar-refractivity contribution in [2.24, 2.45) is 10.2 Å². The molecule has 2 N–H and O–H groups in total. The monoisotopic (exact) mass is 373 g/mol. The maximum Gasteiger partial charge on any atom is 0.524 e. The molecule has 0 radical (unpaired) electrons. The van der Waals surface area contributed by atoms with Crippen molar-refractivity contribution in [1.29, 1.82) is 0 Å². The third-order valence-electron chi connectivity index (χ3n) is 3.40. The fourth-order valence-corrected chi connectivity index (χ4v) is 2.71. The van der Waals surface area contributed by atoms with Gasteiger partial charge in [-0.3, -0.25) is 19.9 Å². The first kappa shape index (κ1) is 17.7. The summed E-state index contributed by atoms with van der Waals surface area (Å²) >= 11 is 0. The summed E-state index contributed by atoms with van der Waals surface area (Å²) in [5.74, 6) is -0.0953. The zero-order valence-electron chi connectivity index (χ0n) is 13.1. The van der Waals surface area contributed by atoms with Crippen molar-refractivity contribution in [2.75, 3.05) is 0 Å². The van der Waals surface area contributed by atoms with Crippen LogP contribution in [0.3, 0.4) is 0 Å². The van der Waals surface area contributed by atoms with E-state index >= 15 is 0 Å². The first-order valence-electron chi connectivity index (χ1n) is 7.26. The Morgan fingerprint density at radius 3 is 2.31 bits per heavy atom. The minimum Gasteiger partial charge on any atom is -0.401 e. The summed E-state index contributed by atoms with van der Waals surface area (Å²) in [6.07, 6.45) is 0. The normalized spacial score (nSPS) is 11.8. The third kappa shape index (κ3) is 4.09. The summed E-state index contributed by atoms with van der Waals surface area (Å²) in [7, 11) is -4.81. The Kier molecular flexibility index (Phi) is 4.77. The Labute approximate surface area is 147 Å². The topological polar surface area (TPSA) is 135 Å². The lowest BCUT2D eigenvalue weighted by Crippen LogP contribution is -1.91. The van der Waals surface area contributed by atoms with Crippen LogP contribution in [0.15, 0.2) is 70.9 Å². The molecule has 0 aromatic heterocycles. The van der Waals surface area contributed by atoms with E-state index in [0.29, 0.717) is 16.5 Å². The van der Waals surface area contributed by atoms with Crippen LogP contribution in [0.4, 0.5) is 17.1 Å². The lowest BCUT2D eigenvalue weighted by atomic mass is 10.1. The number of non-ortho nitro benzene ring substituents is 1. The molecule has 0 amide bonds. The summed E-state index contributed by atoms with van der Waals surface area (Å²) in [4.78, 5) is 28.5. The number of fused-ring (bicyclic) bond motifs is 1. The maximum atomic E-state index is 11.3. The van der Waals surface area contributed by atoms with E-state index in [9.17, 15) is 24.5 Å². The van der Waals surface area contributed by atoms with Crippen LogP contribution in [0, 0.1) is 10.1 Å². The highest BCUT2D eigenvalue weighted by Crippen LogP contribution is 2.46. The van der Waals surface area contributed by atoms with Gasteiger partial charge in [-0.15, -0.1) is 5.11 Å². The lowest BCUT2D eigenvalue weighted by molar-refractivity contribution is -0.384.